The van der Waals surface area contributed by atoms with E-state index in [4.69, 9.17) is 6.11 Å². The zero-order valence-corrected chi connectivity index (χ0v) is 8.07. The maximum absolute atomic E-state index is 11.4. The number of amides is 1. The molecule has 1 aliphatic heterocycles. The molecule has 4 heteroatoms. The van der Waals surface area contributed by atoms with Gasteiger partial charge in [0, 0.05) is 6.20 Å². The van der Waals surface area contributed by atoms with Crippen molar-refractivity contribution in [2.45, 2.75) is 32.5 Å². The van der Waals surface area contributed by atoms with Crippen molar-refractivity contribution in [2.24, 2.45) is 0 Å². The summed E-state index contributed by atoms with van der Waals surface area (Å²) >= 11 is 0. The Balaban J connectivity index is 2.54. The van der Waals surface area contributed by atoms with Crippen LogP contribution in [0.3, 0.4) is 0 Å². The van der Waals surface area contributed by atoms with Gasteiger partial charge in [-0.3, -0.25) is 4.90 Å². The maximum Gasteiger partial charge on any atom is 0.414 e. The molecule has 1 N–H and O–H groups in total. The van der Waals surface area contributed by atoms with Gasteiger partial charge >= 0.3 is 6.09 Å². The summed E-state index contributed by atoms with van der Waals surface area (Å²) in [6.45, 7) is 5.20. The molecule has 74 valence electrons. The molecule has 1 aliphatic rings. The zero-order valence-electron chi connectivity index (χ0n) is 9.07. The smallest absolute Gasteiger partial charge is 0.414 e. The molecule has 0 radical (unpaired) electrons. The molecular formula is C9H15NO3. The van der Waals surface area contributed by atoms with Gasteiger partial charge in [-0.25, -0.2) is 4.79 Å². The van der Waals surface area contributed by atoms with Gasteiger partial charge < -0.3 is 9.84 Å². The molecule has 0 saturated carbocycles. The van der Waals surface area contributed by atoms with Crippen LogP contribution < -0.4 is 0 Å². The summed E-state index contributed by atoms with van der Waals surface area (Å²) in [5, 5.41) is 9.24. The third kappa shape index (κ3) is 3.06. The summed E-state index contributed by atoms with van der Waals surface area (Å²) in [6, 6.07) is 0. The molecule has 1 rings (SSSR count). The van der Waals surface area contributed by atoms with E-state index in [-0.39, 0.29) is 6.54 Å². The minimum absolute atomic E-state index is 0.0814. The predicted molar refractivity (Wildman–Crippen MR) is 48.1 cm³/mol. The van der Waals surface area contributed by atoms with Crippen molar-refractivity contribution in [1.29, 1.82) is 0 Å². The number of carbonyl (C=O) groups excluding carboxylic acids is 1. The Bertz CT molecular complexity index is 268. The van der Waals surface area contributed by atoms with Gasteiger partial charge in [0.15, 0.2) is 0 Å². The lowest BCUT2D eigenvalue weighted by molar-refractivity contribution is 0.0312. The Morgan fingerprint density at radius 3 is 2.77 bits per heavy atom. The van der Waals surface area contributed by atoms with E-state index in [2.05, 4.69) is 0 Å². The van der Waals surface area contributed by atoms with E-state index in [0.29, 0.717) is 0 Å². The van der Waals surface area contributed by atoms with Gasteiger partial charge in [0.05, 0.1) is 14.0 Å². The predicted octanol–water partition coefficient (Wildman–Crippen LogP) is 1.11. The van der Waals surface area contributed by atoms with Crippen LogP contribution in [-0.2, 0) is 4.74 Å². The first kappa shape index (κ1) is 8.56. The van der Waals surface area contributed by atoms with Crippen LogP contribution in [0.4, 0.5) is 4.79 Å². The van der Waals surface area contributed by atoms with Crippen LogP contribution in [-0.4, -0.2) is 34.3 Å². The van der Waals surface area contributed by atoms with Crippen LogP contribution in [0, 0.1) is 0 Å². The van der Waals surface area contributed by atoms with Crippen molar-refractivity contribution in [3.8, 4) is 0 Å². The molecule has 0 fully saturated rings. The number of aliphatic hydroxyl groups is 1. The van der Waals surface area contributed by atoms with Gasteiger partial charge in [0.2, 0.25) is 0 Å². The average Bonchev–Trinajstić information content (AvgIpc) is 2.26. The van der Waals surface area contributed by atoms with Gasteiger partial charge in [-0.15, -0.1) is 0 Å². The Morgan fingerprint density at radius 1 is 1.77 bits per heavy atom. The standard InChI is InChI=1S/C9H15NO3/c1-9(2,3)13-8(12)10-5-4-7(11)6-10/h4-5,7,11H,6H2,1-3H3/i7D. The molecule has 4 nitrogen and oxygen atoms in total. The maximum atomic E-state index is 11.4. The normalized spacial score (nSPS) is 28.9. The number of β-amino-alcohol motifs (C(OH)–C–C–N with tert-alkyl or cyclic N) is 1. The van der Waals surface area contributed by atoms with Crippen LogP contribution in [0.15, 0.2) is 12.3 Å². The minimum atomic E-state index is -1.68. The first-order valence-corrected chi connectivity index (χ1v) is 4.11. The average molecular weight is 186 g/mol. The summed E-state index contributed by atoms with van der Waals surface area (Å²) in [7, 11) is 0. The summed E-state index contributed by atoms with van der Waals surface area (Å²) in [4.78, 5) is 12.6. The molecule has 1 amide bonds. The summed E-state index contributed by atoms with van der Waals surface area (Å²) in [5.74, 6) is 0. The van der Waals surface area contributed by atoms with E-state index in [0.717, 1.165) is 0 Å². The molecule has 0 aromatic carbocycles. The third-order valence-corrected chi connectivity index (χ3v) is 1.41. The fourth-order valence-electron chi connectivity index (χ4n) is 0.902. The van der Waals surface area contributed by atoms with Gasteiger partial charge in [-0.2, -0.15) is 0 Å². The monoisotopic (exact) mass is 186 g/mol. The molecule has 1 atom stereocenters. The van der Waals surface area contributed by atoms with Crippen molar-refractivity contribution >= 4 is 6.09 Å². The molecule has 0 aromatic rings. The third-order valence-electron chi connectivity index (χ3n) is 1.41. The van der Waals surface area contributed by atoms with Crippen molar-refractivity contribution in [2.75, 3.05) is 6.54 Å². The largest absolute Gasteiger partial charge is 0.443 e. The SMILES string of the molecule is [2H]C1(O)C=CN(C(=O)OC(C)(C)C)C1. The van der Waals surface area contributed by atoms with E-state index in [1.165, 1.54) is 17.2 Å². The highest BCUT2D eigenvalue weighted by Gasteiger charge is 2.24. The second kappa shape index (κ2) is 3.38. The number of ether oxygens (including phenoxy) is 1. The lowest BCUT2D eigenvalue weighted by Crippen LogP contribution is -2.34. The molecule has 0 aliphatic carbocycles. The van der Waals surface area contributed by atoms with Crippen LogP contribution in [0.1, 0.15) is 22.1 Å². The number of hydrogen-bond donors (Lipinski definition) is 1. The molecule has 0 aromatic heterocycles. The summed E-state index contributed by atoms with van der Waals surface area (Å²) in [6.07, 6.45) is 0.381. The fourth-order valence-corrected chi connectivity index (χ4v) is 0.902. The van der Waals surface area contributed by atoms with E-state index >= 15 is 0 Å². The molecular weight excluding hydrogens is 170 g/mol. The molecule has 0 saturated heterocycles. The molecule has 1 unspecified atom stereocenters. The zero-order chi connectivity index (χ0) is 11.0. The highest BCUT2D eigenvalue weighted by Crippen LogP contribution is 2.13. The van der Waals surface area contributed by atoms with E-state index in [9.17, 15) is 9.90 Å². The molecule has 0 spiro atoms. The van der Waals surface area contributed by atoms with Crippen LogP contribution in [0.5, 0.6) is 0 Å². The van der Waals surface area contributed by atoms with Crippen molar-refractivity contribution in [3.05, 3.63) is 12.3 Å². The van der Waals surface area contributed by atoms with E-state index in [1.54, 1.807) is 20.8 Å². The van der Waals surface area contributed by atoms with E-state index < -0.39 is 17.8 Å². The van der Waals surface area contributed by atoms with Gasteiger partial charge in [0.25, 0.3) is 0 Å². The van der Waals surface area contributed by atoms with Gasteiger partial charge in [0.1, 0.15) is 5.60 Å². The second-order valence-corrected chi connectivity index (χ2v) is 3.92. The topological polar surface area (TPSA) is 49.8 Å². The second-order valence-electron chi connectivity index (χ2n) is 3.92. The Kier molecular flexibility index (Phi) is 2.22. The van der Waals surface area contributed by atoms with Crippen molar-refractivity contribution in [1.82, 2.24) is 4.90 Å². The molecule has 1 heterocycles. The van der Waals surface area contributed by atoms with Crippen molar-refractivity contribution in [3.63, 3.8) is 0 Å². The quantitative estimate of drug-likeness (QED) is 0.616. The van der Waals surface area contributed by atoms with E-state index in [1.807, 2.05) is 0 Å². The Labute approximate surface area is 79.2 Å². The molecule has 0 bridgehead atoms. The van der Waals surface area contributed by atoms with Gasteiger partial charge in [-0.05, 0) is 26.8 Å². The lowest BCUT2D eigenvalue weighted by atomic mass is 10.2. The first-order chi connectivity index (χ1) is 6.20. The highest BCUT2D eigenvalue weighted by atomic mass is 16.6. The number of nitrogens with zero attached hydrogens (tertiary/aromatic N) is 1. The first-order valence-electron chi connectivity index (χ1n) is 4.61. The van der Waals surface area contributed by atoms with Crippen LogP contribution in [0.2, 0.25) is 0 Å². The number of hydrogen-bond acceptors (Lipinski definition) is 3. The number of carbonyl (C=O) groups is 1. The van der Waals surface area contributed by atoms with Crippen LogP contribution in [0.25, 0.3) is 0 Å². The van der Waals surface area contributed by atoms with Crippen molar-refractivity contribution < 1.29 is 16.0 Å². The molecule has 13 heavy (non-hydrogen) atoms. The van der Waals surface area contributed by atoms with Crippen LogP contribution >= 0.6 is 0 Å². The summed E-state index contributed by atoms with van der Waals surface area (Å²) in [5.41, 5.74) is -0.562. The highest BCUT2D eigenvalue weighted by molar-refractivity contribution is 5.70. The van der Waals surface area contributed by atoms with Gasteiger partial charge in [-0.1, -0.05) is 0 Å². The minimum Gasteiger partial charge on any atom is -0.443 e. The fraction of sp³-hybridized carbons (Fsp3) is 0.667. The number of rotatable bonds is 0. The lowest BCUT2D eigenvalue weighted by Gasteiger charge is -2.23. The summed E-state index contributed by atoms with van der Waals surface area (Å²) < 4.78 is 12.3. The Hall–Kier alpha value is -1.03. The Morgan fingerprint density at radius 2 is 2.38 bits per heavy atom.